The second kappa shape index (κ2) is 5.10. The SMILES string of the molecule is CC(C)C(C)(O)CN(C)Cc1cccs1. The summed E-state index contributed by atoms with van der Waals surface area (Å²) < 4.78 is 0. The lowest BCUT2D eigenvalue weighted by atomic mass is 9.92. The Labute approximate surface area is 96.5 Å². The molecule has 15 heavy (non-hydrogen) atoms. The summed E-state index contributed by atoms with van der Waals surface area (Å²) in [5.74, 6) is 0.281. The van der Waals surface area contributed by atoms with Gasteiger partial charge in [-0.1, -0.05) is 19.9 Å². The number of hydrogen-bond donors (Lipinski definition) is 1. The van der Waals surface area contributed by atoms with Gasteiger partial charge in [0.25, 0.3) is 0 Å². The molecule has 1 unspecified atom stereocenters. The van der Waals surface area contributed by atoms with Crippen LogP contribution in [0.2, 0.25) is 0 Å². The summed E-state index contributed by atoms with van der Waals surface area (Å²) in [5.41, 5.74) is -0.605. The molecule has 0 fully saturated rings. The molecule has 1 aromatic heterocycles. The Morgan fingerprint density at radius 2 is 2.20 bits per heavy atom. The lowest BCUT2D eigenvalue weighted by Crippen LogP contribution is -2.42. The van der Waals surface area contributed by atoms with Crippen molar-refractivity contribution in [2.45, 2.75) is 32.9 Å². The molecule has 0 saturated heterocycles. The van der Waals surface area contributed by atoms with E-state index in [0.717, 1.165) is 6.54 Å². The van der Waals surface area contributed by atoms with E-state index in [0.29, 0.717) is 6.54 Å². The van der Waals surface area contributed by atoms with Crippen LogP contribution in [0.3, 0.4) is 0 Å². The molecule has 0 aromatic carbocycles. The van der Waals surface area contributed by atoms with Crippen molar-refractivity contribution >= 4 is 11.3 Å². The summed E-state index contributed by atoms with van der Waals surface area (Å²) >= 11 is 1.76. The first-order valence-electron chi connectivity index (χ1n) is 5.35. The zero-order valence-corrected chi connectivity index (χ0v) is 10.8. The van der Waals surface area contributed by atoms with Gasteiger partial charge in [0.2, 0.25) is 0 Å². The zero-order valence-electron chi connectivity index (χ0n) is 10.0. The van der Waals surface area contributed by atoms with Gasteiger partial charge in [0, 0.05) is 18.0 Å². The second-order valence-electron chi connectivity index (χ2n) is 4.76. The minimum Gasteiger partial charge on any atom is -0.389 e. The standard InChI is InChI=1S/C12H21NOS/c1-10(2)12(3,14)9-13(4)8-11-6-5-7-15-11/h5-7,10,14H,8-9H2,1-4H3. The van der Waals surface area contributed by atoms with E-state index < -0.39 is 5.60 Å². The van der Waals surface area contributed by atoms with Crippen LogP contribution in [0.5, 0.6) is 0 Å². The van der Waals surface area contributed by atoms with E-state index >= 15 is 0 Å². The second-order valence-corrected chi connectivity index (χ2v) is 5.80. The molecule has 1 aromatic rings. The maximum absolute atomic E-state index is 10.2. The first-order valence-corrected chi connectivity index (χ1v) is 6.23. The Bertz CT molecular complexity index is 280. The topological polar surface area (TPSA) is 23.5 Å². The summed E-state index contributed by atoms with van der Waals surface area (Å²) in [4.78, 5) is 3.52. The normalized spacial score (nSPS) is 15.9. The Kier molecular flexibility index (Phi) is 4.32. The van der Waals surface area contributed by atoms with Crippen LogP contribution >= 0.6 is 11.3 Å². The maximum Gasteiger partial charge on any atom is 0.0768 e. The van der Waals surface area contributed by atoms with Crippen molar-refractivity contribution in [1.29, 1.82) is 0 Å². The average molecular weight is 227 g/mol. The minimum absolute atomic E-state index is 0.281. The number of rotatable bonds is 5. The number of hydrogen-bond acceptors (Lipinski definition) is 3. The first kappa shape index (κ1) is 12.7. The molecule has 86 valence electrons. The third-order valence-electron chi connectivity index (χ3n) is 2.84. The van der Waals surface area contributed by atoms with Crippen LogP contribution in [-0.2, 0) is 6.54 Å². The molecule has 0 amide bonds. The molecular formula is C12H21NOS. The molecule has 0 aliphatic heterocycles. The number of nitrogens with zero attached hydrogens (tertiary/aromatic N) is 1. The third-order valence-corrected chi connectivity index (χ3v) is 3.70. The van der Waals surface area contributed by atoms with Crippen LogP contribution in [0.1, 0.15) is 25.6 Å². The average Bonchev–Trinajstić information content (AvgIpc) is 2.54. The van der Waals surface area contributed by atoms with Gasteiger partial charge < -0.3 is 5.11 Å². The van der Waals surface area contributed by atoms with Crippen molar-refractivity contribution in [1.82, 2.24) is 4.90 Å². The highest BCUT2D eigenvalue weighted by Gasteiger charge is 2.26. The van der Waals surface area contributed by atoms with Crippen LogP contribution in [-0.4, -0.2) is 29.2 Å². The van der Waals surface area contributed by atoms with Crippen LogP contribution in [0, 0.1) is 5.92 Å². The third kappa shape index (κ3) is 3.93. The molecule has 1 atom stereocenters. The van der Waals surface area contributed by atoms with Gasteiger partial charge in [-0.15, -0.1) is 11.3 Å². The van der Waals surface area contributed by atoms with Gasteiger partial charge in [-0.25, -0.2) is 0 Å². The molecule has 0 aliphatic carbocycles. The van der Waals surface area contributed by atoms with Crippen molar-refractivity contribution in [2.24, 2.45) is 5.92 Å². The molecule has 0 aliphatic rings. The summed E-state index contributed by atoms with van der Waals surface area (Å²) in [7, 11) is 2.05. The quantitative estimate of drug-likeness (QED) is 0.836. The molecular weight excluding hydrogens is 206 g/mol. The maximum atomic E-state index is 10.2. The predicted molar refractivity (Wildman–Crippen MR) is 66.1 cm³/mol. The molecule has 0 saturated carbocycles. The van der Waals surface area contributed by atoms with Crippen LogP contribution in [0.15, 0.2) is 17.5 Å². The summed E-state index contributed by atoms with van der Waals surface area (Å²) in [6, 6.07) is 4.19. The van der Waals surface area contributed by atoms with E-state index in [1.54, 1.807) is 11.3 Å². The predicted octanol–water partition coefficient (Wildman–Crippen LogP) is 2.59. The fourth-order valence-electron chi connectivity index (χ4n) is 1.45. The summed E-state index contributed by atoms with van der Waals surface area (Å²) in [6.07, 6.45) is 0. The zero-order chi connectivity index (χ0) is 11.5. The Morgan fingerprint density at radius 3 is 2.67 bits per heavy atom. The van der Waals surface area contributed by atoms with Gasteiger partial charge in [0.15, 0.2) is 0 Å². The molecule has 2 nitrogen and oxygen atoms in total. The summed E-state index contributed by atoms with van der Waals surface area (Å²) in [6.45, 7) is 7.64. The molecule has 0 bridgehead atoms. The van der Waals surface area contributed by atoms with Crippen molar-refractivity contribution in [2.75, 3.05) is 13.6 Å². The van der Waals surface area contributed by atoms with E-state index in [1.807, 2.05) is 6.92 Å². The van der Waals surface area contributed by atoms with Gasteiger partial charge in [-0.2, -0.15) is 0 Å². The minimum atomic E-state index is -0.605. The van der Waals surface area contributed by atoms with E-state index in [1.165, 1.54) is 4.88 Å². The van der Waals surface area contributed by atoms with Gasteiger partial charge in [0.1, 0.15) is 0 Å². The molecule has 1 heterocycles. The van der Waals surface area contributed by atoms with E-state index in [-0.39, 0.29) is 5.92 Å². The number of likely N-dealkylation sites (N-methyl/N-ethyl adjacent to an activating group) is 1. The first-order chi connectivity index (χ1) is 6.92. The highest BCUT2D eigenvalue weighted by molar-refractivity contribution is 7.09. The highest BCUT2D eigenvalue weighted by atomic mass is 32.1. The smallest absolute Gasteiger partial charge is 0.0768 e. The Balaban J connectivity index is 2.45. The molecule has 1 N–H and O–H groups in total. The van der Waals surface area contributed by atoms with Gasteiger partial charge in [-0.05, 0) is 31.3 Å². The van der Waals surface area contributed by atoms with Gasteiger partial charge in [0.05, 0.1) is 5.60 Å². The van der Waals surface area contributed by atoms with Crippen molar-refractivity contribution in [3.63, 3.8) is 0 Å². The molecule has 3 heteroatoms. The highest BCUT2D eigenvalue weighted by Crippen LogP contribution is 2.19. The van der Waals surface area contributed by atoms with E-state index in [4.69, 9.17) is 0 Å². The number of thiophene rings is 1. The Morgan fingerprint density at radius 1 is 1.53 bits per heavy atom. The van der Waals surface area contributed by atoms with E-state index in [9.17, 15) is 5.11 Å². The summed E-state index contributed by atoms with van der Waals surface area (Å²) in [5, 5.41) is 12.2. The van der Waals surface area contributed by atoms with Gasteiger partial charge in [-0.3, -0.25) is 4.90 Å². The monoisotopic (exact) mass is 227 g/mol. The van der Waals surface area contributed by atoms with Gasteiger partial charge >= 0.3 is 0 Å². The fourth-order valence-corrected chi connectivity index (χ4v) is 2.24. The molecule has 0 spiro atoms. The van der Waals surface area contributed by atoms with Crippen molar-refractivity contribution in [3.8, 4) is 0 Å². The lowest BCUT2D eigenvalue weighted by molar-refractivity contribution is -0.0144. The van der Waals surface area contributed by atoms with Crippen LogP contribution in [0.25, 0.3) is 0 Å². The largest absolute Gasteiger partial charge is 0.389 e. The van der Waals surface area contributed by atoms with Crippen molar-refractivity contribution < 1.29 is 5.11 Å². The lowest BCUT2D eigenvalue weighted by Gasteiger charge is -2.32. The molecule has 1 rings (SSSR count). The number of aliphatic hydroxyl groups is 1. The van der Waals surface area contributed by atoms with Crippen molar-refractivity contribution in [3.05, 3.63) is 22.4 Å². The van der Waals surface area contributed by atoms with E-state index in [2.05, 4.69) is 43.3 Å². The molecule has 0 radical (unpaired) electrons. The Hall–Kier alpha value is -0.380. The fraction of sp³-hybridized carbons (Fsp3) is 0.667. The van der Waals surface area contributed by atoms with Crippen LogP contribution < -0.4 is 0 Å². The van der Waals surface area contributed by atoms with Crippen LogP contribution in [0.4, 0.5) is 0 Å².